The van der Waals surface area contributed by atoms with Crippen molar-refractivity contribution in [3.63, 3.8) is 0 Å². The van der Waals surface area contributed by atoms with Crippen molar-refractivity contribution in [2.24, 2.45) is 0 Å². The van der Waals surface area contributed by atoms with Crippen molar-refractivity contribution in [1.82, 2.24) is 30.0 Å². The van der Waals surface area contributed by atoms with Crippen LogP contribution in [0.15, 0.2) is 104 Å². The number of aromatic nitrogens is 6. The molecule has 0 spiro atoms. The maximum Gasteiger partial charge on any atom is 0.336 e. The summed E-state index contributed by atoms with van der Waals surface area (Å²) in [6, 6.07) is 21.6. The van der Waals surface area contributed by atoms with Crippen molar-refractivity contribution in [2.75, 3.05) is 0 Å². The molecule has 0 atom stereocenters. The van der Waals surface area contributed by atoms with Crippen molar-refractivity contribution in [3.8, 4) is 11.5 Å². The Morgan fingerprint density at radius 3 is 1.48 bits per heavy atom. The molecule has 7 rings (SSSR count). The summed E-state index contributed by atoms with van der Waals surface area (Å²) in [4.78, 5) is 24.1. The Kier molecular flexibility index (Phi) is 7.59. The standard InChI is InChI=1S/C34H28N6O6/c1-21-3-9-31-29(11-21)23(13-33(41)45-31)15-39-17-25(35-37-39)19-43-27-5-7-28(8-6-27)44-20-26-18-40(38-36-26)16-24-14-34(42)46-32-10-4-22(2)12-30(24)32/h3-14,17-18H,15-16,19-20H2,1-2H3. The van der Waals surface area contributed by atoms with Gasteiger partial charge in [0.05, 0.1) is 25.5 Å². The lowest BCUT2D eigenvalue weighted by Crippen LogP contribution is -2.06. The topological polar surface area (TPSA) is 140 Å². The molecule has 0 amide bonds. The highest BCUT2D eigenvalue weighted by Crippen LogP contribution is 2.22. The predicted molar refractivity (Wildman–Crippen MR) is 168 cm³/mol. The van der Waals surface area contributed by atoms with E-state index < -0.39 is 11.3 Å². The number of rotatable bonds is 10. The van der Waals surface area contributed by atoms with Gasteiger partial charge in [0.25, 0.3) is 0 Å². The van der Waals surface area contributed by atoms with Crippen LogP contribution in [0.1, 0.15) is 33.6 Å². The molecule has 0 aliphatic carbocycles. The molecule has 0 fully saturated rings. The molecule has 0 saturated heterocycles. The molecule has 4 aromatic heterocycles. The lowest BCUT2D eigenvalue weighted by molar-refractivity contribution is 0.292. The fourth-order valence-corrected chi connectivity index (χ4v) is 5.20. The largest absolute Gasteiger partial charge is 0.487 e. The fourth-order valence-electron chi connectivity index (χ4n) is 5.20. The van der Waals surface area contributed by atoms with Gasteiger partial charge in [-0.1, -0.05) is 33.7 Å². The van der Waals surface area contributed by atoms with Crippen LogP contribution in [0.5, 0.6) is 11.5 Å². The lowest BCUT2D eigenvalue weighted by Gasteiger charge is -2.07. The number of nitrogens with zero attached hydrogens (tertiary/aromatic N) is 6. The first-order valence-electron chi connectivity index (χ1n) is 14.6. The van der Waals surface area contributed by atoms with E-state index in [1.165, 1.54) is 12.1 Å². The van der Waals surface area contributed by atoms with Gasteiger partial charge in [-0.25, -0.2) is 19.0 Å². The molecule has 0 aliphatic rings. The summed E-state index contributed by atoms with van der Waals surface area (Å²) in [5, 5.41) is 18.5. The van der Waals surface area contributed by atoms with Gasteiger partial charge >= 0.3 is 11.3 Å². The molecule has 0 radical (unpaired) electrons. The normalized spacial score (nSPS) is 11.3. The molecule has 0 bridgehead atoms. The van der Waals surface area contributed by atoms with Crippen molar-refractivity contribution in [1.29, 1.82) is 0 Å². The van der Waals surface area contributed by atoms with E-state index in [9.17, 15) is 9.59 Å². The highest BCUT2D eigenvalue weighted by atomic mass is 16.5. The van der Waals surface area contributed by atoms with Crippen LogP contribution in [-0.4, -0.2) is 30.0 Å². The first kappa shape index (κ1) is 28.7. The van der Waals surface area contributed by atoms with Crippen LogP contribution in [0.25, 0.3) is 21.9 Å². The van der Waals surface area contributed by atoms with Gasteiger partial charge in [0.2, 0.25) is 0 Å². The molecule has 0 aliphatic heterocycles. The molecule has 12 heteroatoms. The van der Waals surface area contributed by atoms with E-state index >= 15 is 0 Å². The van der Waals surface area contributed by atoms with Crippen molar-refractivity contribution in [3.05, 3.63) is 140 Å². The van der Waals surface area contributed by atoms with Gasteiger partial charge in [0.15, 0.2) is 0 Å². The minimum Gasteiger partial charge on any atom is -0.487 e. The number of hydrogen-bond donors (Lipinski definition) is 0. The van der Waals surface area contributed by atoms with Crippen LogP contribution in [-0.2, 0) is 26.3 Å². The minimum atomic E-state index is -0.405. The highest BCUT2D eigenvalue weighted by Gasteiger charge is 2.11. The zero-order valence-corrected chi connectivity index (χ0v) is 25.0. The Morgan fingerprint density at radius 2 is 1.04 bits per heavy atom. The van der Waals surface area contributed by atoms with E-state index in [1.54, 1.807) is 33.9 Å². The summed E-state index contributed by atoms with van der Waals surface area (Å²) in [6.45, 7) is 5.17. The van der Waals surface area contributed by atoms with Crippen molar-refractivity contribution < 1.29 is 18.3 Å². The monoisotopic (exact) mass is 616 g/mol. The summed E-state index contributed by atoms with van der Waals surface area (Å²) in [6.07, 6.45) is 3.58. The quantitative estimate of drug-likeness (QED) is 0.194. The molecule has 12 nitrogen and oxygen atoms in total. The van der Waals surface area contributed by atoms with Gasteiger partial charge in [-0.05, 0) is 73.5 Å². The summed E-state index contributed by atoms with van der Waals surface area (Å²) in [7, 11) is 0. The van der Waals surface area contributed by atoms with E-state index in [-0.39, 0.29) is 13.2 Å². The maximum absolute atomic E-state index is 12.0. The third-order valence-electron chi connectivity index (χ3n) is 7.40. The second kappa shape index (κ2) is 12.2. The Hall–Kier alpha value is -6.04. The third-order valence-corrected chi connectivity index (χ3v) is 7.40. The average molecular weight is 617 g/mol. The zero-order valence-electron chi connectivity index (χ0n) is 25.0. The van der Waals surface area contributed by atoms with Crippen LogP contribution < -0.4 is 20.7 Å². The predicted octanol–water partition coefficient (Wildman–Crippen LogP) is 4.95. The second-order valence-electron chi connectivity index (χ2n) is 11.0. The summed E-state index contributed by atoms with van der Waals surface area (Å²) in [5.74, 6) is 1.29. The zero-order chi connectivity index (χ0) is 31.6. The maximum atomic E-state index is 12.0. The Bertz CT molecular complexity index is 2140. The van der Waals surface area contributed by atoms with Crippen LogP contribution in [0.3, 0.4) is 0 Å². The molecule has 0 unspecified atom stereocenters. The van der Waals surface area contributed by atoms with E-state index in [4.69, 9.17) is 18.3 Å². The molecule has 0 saturated carbocycles. The van der Waals surface area contributed by atoms with E-state index in [1.807, 2.05) is 62.4 Å². The fraction of sp³-hybridized carbons (Fsp3) is 0.176. The average Bonchev–Trinajstić information content (AvgIpc) is 3.69. The van der Waals surface area contributed by atoms with Crippen molar-refractivity contribution >= 4 is 21.9 Å². The van der Waals surface area contributed by atoms with E-state index in [0.29, 0.717) is 47.1 Å². The van der Waals surface area contributed by atoms with Crippen LogP contribution in [0.2, 0.25) is 0 Å². The Labute approximate surface area is 261 Å². The molecule has 230 valence electrons. The van der Waals surface area contributed by atoms with E-state index in [2.05, 4.69) is 20.6 Å². The first-order chi connectivity index (χ1) is 22.3. The van der Waals surface area contributed by atoms with Crippen molar-refractivity contribution in [2.45, 2.75) is 40.2 Å². The highest BCUT2D eigenvalue weighted by molar-refractivity contribution is 5.81. The lowest BCUT2D eigenvalue weighted by atomic mass is 10.1. The number of aryl methyl sites for hydroxylation is 2. The molecular weight excluding hydrogens is 588 g/mol. The summed E-state index contributed by atoms with van der Waals surface area (Å²) in [5.41, 5.74) is 5.31. The number of fused-ring (bicyclic) bond motifs is 2. The molecule has 4 heterocycles. The Morgan fingerprint density at radius 1 is 0.609 bits per heavy atom. The van der Waals surface area contributed by atoms with Crippen LogP contribution >= 0.6 is 0 Å². The van der Waals surface area contributed by atoms with Gasteiger partial charge in [-0.2, -0.15) is 0 Å². The number of benzene rings is 3. The van der Waals surface area contributed by atoms with Gasteiger partial charge in [-0.15, -0.1) is 10.2 Å². The minimum absolute atomic E-state index is 0.221. The van der Waals surface area contributed by atoms with Gasteiger partial charge in [0, 0.05) is 22.9 Å². The third kappa shape index (κ3) is 6.41. The van der Waals surface area contributed by atoms with Gasteiger partial charge < -0.3 is 18.3 Å². The van der Waals surface area contributed by atoms with Crippen LogP contribution in [0.4, 0.5) is 0 Å². The molecule has 46 heavy (non-hydrogen) atoms. The molecule has 0 N–H and O–H groups in total. The SMILES string of the molecule is Cc1ccc2oc(=O)cc(Cn3cc(COc4ccc(OCc5cn(Cc6cc(=O)oc7ccc(C)cc67)nn5)cc4)nn3)c2c1. The summed E-state index contributed by atoms with van der Waals surface area (Å²) >= 11 is 0. The molecule has 3 aromatic carbocycles. The Balaban J connectivity index is 0.931. The first-order valence-corrected chi connectivity index (χ1v) is 14.6. The van der Waals surface area contributed by atoms with Gasteiger partial charge in [-0.3, -0.25) is 0 Å². The van der Waals surface area contributed by atoms with Crippen LogP contribution in [0, 0.1) is 13.8 Å². The number of hydrogen-bond acceptors (Lipinski definition) is 10. The second-order valence-corrected chi connectivity index (χ2v) is 11.0. The van der Waals surface area contributed by atoms with Gasteiger partial charge in [0.1, 0.15) is 47.3 Å². The molecular formula is C34H28N6O6. The van der Waals surface area contributed by atoms with E-state index in [0.717, 1.165) is 33.0 Å². The smallest absolute Gasteiger partial charge is 0.336 e. The summed E-state index contributed by atoms with van der Waals surface area (Å²) < 4.78 is 25.8. The number of ether oxygens (including phenoxy) is 2. The molecule has 7 aromatic rings.